The van der Waals surface area contributed by atoms with Gasteiger partial charge in [0.1, 0.15) is 6.54 Å². The first-order chi connectivity index (χ1) is 11.1. The third-order valence-electron chi connectivity index (χ3n) is 3.59. The first-order valence-electron chi connectivity index (χ1n) is 7.02. The third-order valence-corrected chi connectivity index (χ3v) is 4.08. The molecule has 0 aliphatic heterocycles. The fourth-order valence-corrected chi connectivity index (χ4v) is 2.96. The summed E-state index contributed by atoms with van der Waals surface area (Å²) in [5.41, 5.74) is 1.08. The molecule has 3 rings (SSSR count). The van der Waals surface area contributed by atoms with Crippen LogP contribution < -0.4 is 9.96 Å². The molecule has 1 N–H and O–H groups in total. The van der Waals surface area contributed by atoms with Crippen LogP contribution in [0.15, 0.2) is 57.9 Å². The number of benzene rings is 1. The number of aromatic nitrogens is 2. The van der Waals surface area contributed by atoms with Gasteiger partial charge in [-0.15, -0.1) is 0 Å². The zero-order valence-corrected chi connectivity index (χ0v) is 13.7. The summed E-state index contributed by atoms with van der Waals surface area (Å²) < 4.78 is 3.88. The van der Waals surface area contributed by atoms with Crippen LogP contribution >= 0.6 is 15.9 Å². The first kappa shape index (κ1) is 15.3. The van der Waals surface area contributed by atoms with Crippen LogP contribution in [0, 0.1) is 11.3 Å². The van der Waals surface area contributed by atoms with Crippen molar-refractivity contribution >= 4 is 21.6 Å². The first-order valence-corrected chi connectivity index (χ1v) is 7.82. The fraction of sp³-hybridized carbons (Fsp3) is 0.118. The second-order valence-corrected chi connectivity index (χ2v) is 5.92. The lowest BCUT2D eigenvalue weighted by Crippen LogP contribution is -2.43. The smallest absolute Gasteiger partial charge is 0.354 e. The van der Waals surface area contributed by atoms with Gasteiger partial charge >= 0.3 is 5.56 Å². The highest BCUT2D eigenvalue weighted by Gasteiger charge is 2.24. The summed E-state index contributed by atoms with van der Waals surface area (Å²) in [6.45, 7) is 0.303. The highest BCUT2D eigenvalue weighted by atomic mass is 79.9. The van der Waals surface area contributed by atoms with E-state index in [2.05, 4.69) is 22.0 Å². The minimum absolute atomic E-state index is 0.130. The Labute approximate surface area is 140 Å². The van der Waals surface area contributed by atoms with Gasteiger partial charge in [0, 0.05) is 10.5 Å². The molecule has 0 unspecified atom stereocenters. The number of fused-ring (bicyclic) bond motifs is 1. The number of nitriles is 1. The Balaban J connectivity index is 2.39. The number of rotatable bonds is 3. The van der Waals surface area contributed by atoms with Crippen LogP contribution in [0.3, 0.4) is 0 Å². The number of nitrogens with zero attached hydrogens (tertiary/aromatic N) is 3. The molecule has 0 atom stereocenters. The third kappa shape index (κ3) is 2.71. The number of aromatic hydroxyl groups is 1. The van der Waals surface area contributed by atoms with Gasteiger partial charge in [0.05, 0.1) is 18.7 Å². The molecule has 0 bridgehead atoms. The number of aryl methyl sites for hydroxylation is 1. The molecule has 0 saturated heterocycles. The largest absolute Gasteiger partial charge is 0.477 e. The van der Waals surface area contributed by atoms with Crippen LogP contribution in [-0.4, -0.2) is 9.67 Å². The lowest BCUT2D eigenvalue weighted by molar-refractivity contribution is -0.532. The molecular weight excluding hydrogens is 358 g/mol. The van der Waals surface area contributed by atoms with Gasteiger partial charge in [0.25, 0.3) is 11.5 Å². The minimum Gasteiger partial charge on any atom is -0.477 e. The number of hydrogen-bond donors (Lipinski definition) is 1. The van der Waals surface area contributed by atoms with Crippen molar-refractivity contribution in [1.29, 1.82) is 5.26 Å². The van der Waals surface area contributed by atoms with E-state index in [9.17, 15) is 9.90 Å². The average Bonchev–Trinajstić information content (AvgIpc) is 2.55. The Hall–Kier alpha value is -2.65. The van der Waals surface area contributed by atoms with Crippen LogP contribution in [0.25, 0.3) is 16.8 Å². The molecule has 114 valence electrons. The van der Waals surface area contributed by atoms with Crippen molar-refractivity contribution in [3.63, 3.8) is 0 Å². The molecule has 0 spiro atoms. The van der Waals surface area contributed by atoms with Crippen molar-refractivity contribution in [3.8, 4) is 23.1 Å². The van der Waals surface area contributed by atoms with Gasteiger partial charge < -0.3 is 5.11 Å². The summed E-state index contributed by atoms with van der Waals surface area (Å²) in [7, 11) is 0. The molecule has 3 aromatic rings. The van der Waals surface area contributed by atoms with Gasteiger partial charge in [0.2, 0.25) is 0 Å². The van der Waals surface area contributed by atoms with E-state index in [0.717, 1.165) is 4.47 Å². The van der Waals surface area contributed by atoms with Crippen molar-refractivity contribution < 1.29 is 9.51 Å². The van der Waals surface area contributed by atoms with E-state index in [1.165, 1.54) is 4.40 Å². The van der Waals surface area contributed by atoms with Crippen LogP contribution in [0.4, 0.5) is 0 Å². The molecule has 2 heterocycles. The zero-order chi connectivity index (χ0) is 16.4. The monoisotopic (exact) mass is 370 g/mol. The standard InChI is InChI=1S/C17H12BrN3O2/c18-13-6-3-5-12(11-13)15-16(22)20-9-2-1-7-14(20)21(17(15)23)10-4-8-19/h1-3,5-7,9,11H,4,10H2/p+1. The Morgan fingerprint density at radius 3 is 2.83 bits per heavy atom. The van der Waals surface area contributed by atoms with Crippen molar-refractivity contribution in [3.05, 3.63) is 63.5 Å². The van der Waals surface area contributed by atoms with Crippen molar-refractivity contribution in [1.82, 2.24) is 4.57 Å². The number of halogens is 1. The van der Waals surface area contributed by atoms with Crippen LogP contribution in [-0.2, 0) is 6.54 Å². The van der Waals surface area contributed by atoms with E-state index in [4.69, 9.17) is 5.26 Å². The van der Waals surface area contributed by atoms with Gasteiger partial charge in [-0.25, -0.2) is 4.79 Å². The minimum atomic E-state index is -0.301. The molecule has 6 heteroatoms. The van der Waals surface area contributed by atoms with E-state index in [1.54, 1.807) is 47.2 Å². The Morgan fingerprint density at radius 1 is 1.26 bits per heavy atom. The highest BCUT2D eigenvalue weighted by molar-refractivity contribution is 9.10. The maximum atomic E-state index is 12.8. The van der Waals surface area contributed by atoms with E-state index in [-0.39, 0.29) is 23.4 Å². The summed E-state index contributed by atoms with van der Waals surface area (Å²) in [5, 5.41) is 19.5. The summed E-state index contributed by atoms with van der Waals surface area (Å²) in [4.78, 5) is 12.8. The van der Waals surface area contributed by atoms with Crippen LogP contribution in [0.2, 0.25) is 0 Å². The molecule has 5 nitrogen and oxygen atoms in total. The highest BCUT2D eigenvalue weighted by Crippen LogP contribution is 2.28. The molecule has 0 radical (unpaired) electrons. The molecular formula is C17H13BrN3O2+. The molecule has 0 amide bonds. The zero-order valence-electron chi connectivity index (χ0n) is 12.1. The van der Waals surface area contributed by atoms with Gasteiger partial charge in [-0.1, -0.05) is 34.1 Å². The van der Waals surface area contributed by atoms with Crippen LogP contribution in [0.5, 0.6) is 5.88 Å². The maximum Gasteiger partial charge on any atom is 0.354 e. The summed E-state index contributed by atoms with van der Waals surface area (Å²) in [5.74, 6) is -0.130. The predicted octanol–water partition coefficient (Wildman–Crippen LogP) is 2.64. The lowest BCUT2D eigenvalue weighted by atomic mass is 10.1. The molecule has 23 heavy (non-hydrogen) atoms. The number of hydrogen-bond acceptors (Lipinski definition) is 3. The number of pyridine rings is 1. The molecule has 2 aromatic heterocycles. The molecule has 1 aromatic carbocycles. The molecule has 0 aliphatic rings. The quantitative estimate of drug-likeness (QED) is 0.720. The molecule has 0 saturated carbocycles. The van der Waals surface area contributed by atoms with Crippen molar-refractivity contribution in [2.45, 2.75) is 13.0 Å². The average molecular weight is 371 g/mol. The van der Waals surface area contributed by atoms with Gasteiger partial charge in [-0.2, -0.15) is 14.2 Å². The topological polar surface area (TPSA) is 70.1 Å². The van der Waals surface area contributed by atoms with Crippen molar-refractivity contribution in [2.75, 3.05) is 0 Å². The molecule has 0 fully saturated rings. The summed E-state index contributed by atoms with van der Waals surface area (Å²) in [6, 6.07) is 14.5. The second-order valence-electron chi connectivity index (χ2n) is 5.00. The van der Waals surface area contributed by atoms with Gasteiger partial charge in [-0.3, -0.25) is 0 Å². The Morgan fingerprint density at radius 2 is 2.09 bits per heavy atom. The Bertz CT molecular complexity index is 989. The summed E-state index contributed by atoms with van der Waals surface area (Å²) >= 11 is 3.38. The predicted molar refractivity (Wildman–Crippen MR) is 88.9 cm³/mol. The normalized spacial score (nSPS) is 10.6. The van der Waals surface area contributed by atoms with E-state index < -0.39 is 0 Å². The summed E-state index contributed by atoms with van der Waals surface area (Å²) in [6.07, 6.45) is 1.89. The Kier molecular flexibility index (Phi) is 4.13. The maximum absolute atomic E-state index is 12.8. The van der Waals surface area contributed by atoms with E-state index in [0.29, 0.717) is 17.8 Å². The van der Waals surface area contributed by atoms with Gasteiger partial charge in [0.15, 0.2) is 5.56 Å². The fourth-order valence-electron chi connectivity index (χ4n) is 2.56. The van der Waals surface area contributed by atoms with E-state index >= 15 is 0 Å². The van der Waals surface area contributed by atoms with Crippen molar-refractivity contribution in [2.24, 2.45) is 0 Å². The molecule has 0 aliphatic carbocycles. The lowest BCUT2D eigenvalue weighted by Gasteiger charge is -2.09. The second kappa shape index (κ2) is 6.23. The SMILES string of the molecule is N#CCCn1c(O)c(-c2cccc(Br)c2)c(=O)[n+]2ccccc12. The van der Waals surface area contributed by atoms with Gasteiger partial charge in [-0.05, 0) is 23.8 Å². The van der Waals surface area contributed by atoms with Crippen LogP contribution in [0.1, 0.15) is 6.42 Å². The van der Waals surface area contributed by atoms with E-state index in [1.807, 2.05) is 6.07 Å².